The maximum atomic E-state index is 13.1. The van der Waals surface area contributed by atoms with Crippen molar-refractivity contribution in [1.82, 2.24) is 19.4 Å². The van der Waals surface area contributed by atoms with Crippen LogP contribution in [0, 0.1) is 6.92 Å². The molecule has 1 amide bonds. The van der Waals surface area contributed by atoms with Crippen molar-refractivity contribution >= 4 is 16.8 Å². The Bertz CT molecular complexity index is 929. The van der Waals surface area contributed by atoms with Crippen molar-refractivity contribution in [3.05, 3.63) is 59.8 Å². The van der Waals surface area contributed by atoms with E-state index in [9.17, 15) is 4.79 Å². The maximum Gasteiger partial charge on any atom is 0.254 e. The summed E-state index contributed by atoms with van der Waals surface area (Å²) in [5.74, 6) is 0.868. The summed E-state index contributed by atoms with van der Waals surface area (Å²) >= 11 is 0. The molecule has 6 nitrogen and oxygen atoms in total. The van der Waals surface area contributed by atoms with E-state index in [0.29, 0.717) is 25.3 Å². The van der Waals surface area contributed by atoms with Crippen molar-refractivity contribution in [2.45, 2.75) is 13.0 Å². The molecule has 1 aromatic carbocycles. The standard InChI is InChI=1S/C19H20N4O2/c1-13-11-22(2)18(21-13)17-12-23(9-10-25-17)19(24)15-5-3-7-16-14(15)6-4-8-20-16/h3-8,11,17H,9-10,12H2,1-2H3/t17-/m1/s1. The molecule has 0 spiro atoms. The number of carbonyl (C=O) groups is 1. The summed E-state index contributed by atoms with van der Waals surface area (Å²) in [5, 5.41) is 0.880. The average Bonchev–Trinajstić information content (AvgIpc) is 2.99. The minimum atomic E-state index is -0.204. The molecule has 6 heteroatoms. The van der Waals surface area contributed by atoms with Crippen LogP contribution in [-0.2, 0) is 11.8 Å². The SMILES string of the molecule is Cc1cn(C)c([C@H]2CN(C(=O)c3cccc4ncccc34)CCO2)n1. The summed E-state index contributed by atoms with van der Waals surface area (Å²) in [4.78, 5) is 23.8. The molecule has 0 unspecified atom stereocenters. The minimum absolute atomic E-state index is 0.0119. The molecule has 1 aliphatic heterocycles. The average molecular weight is 336 g/mol. The fourth-order valence-corrected chi connectivity index (χ4v) is 3.38. The van der Waals surface area contributed by atoms with Crippen molar-refractivity contribution in [2.75, 3.05) is 19.7 Å². The van der Waals surface area contributed by atoms with Gasteiger partial charge in [-0.1, -0.05) is 12.1 Å². The summed E-state index contributed by atoms with van der Waals surface area (Å²) in [6.07, 6.45) is 3.50. The van der Waals surface area contributed by atoms with Crippen LogP contribution in [0.5, 0.6) is 0 Å². The highest BCUT2D eigenvalue weighted by Crippen LogP contribution is 2.24. The number of ether oxygens (including phenoxy) is 1. The zero-order valence-electron chi connectivity index (χ0n) is 14.3. The van der Waals surface area contributed by atoms with Crippen LogP contribution in [0.2, 0.25) is 0 Å². The number of hydrogen-bond donors (Lipinski definition) is 0. The quantitative estimate of drug-likeness (QED) is 0.721. The Balaban J connectivity index is 1.62. The van der Waals surface area contributed by atoms with Gasteiger partial charge in [-0.25, -0.2) is 4.98 Å². The zero-order valence-corrected chi connectivity index (χ0v) is 14.3. The molecule has 128 valence electrons. The largest absolute Gasteiger partial charge is 0.367 e. The first-order chi connectivity index (χ1) is 12.1. The molecule has 0 saturated carbocycles. The second-order valence-corrected chi connectivity index (χ2v) is 6.34. The van der Waals surface area contributed by atoms with Gasteiger partial charge >= 0.3 is 0 Å². The van der Waals surface area contributed by atoms with Gasteiger partial charge in [-0.15, -0.1) is 0 Å². The van der Waals surface area contributed by atoms with Crippen molar-refractivity contribution < 1.29 is 9.53 Å². The van der Waals surface area contributed by atoms with Crippen LogP contribution >= 0.6 is 0 Å². The molecule has 3 heterocycles. The lowest BCUT2D eigenvalue weighted by Crippen LogP contribution is -2.42. The molecular weight excluding hydrogens is 316 g/mol. The molecule has 4 rings (SSSR count). The number of pyridine rings is 1. The van der Waals surface area contributed by atoms with Crippen molar-refractivity contribution in [1.29, 1.82) is 0 Å². The third-order valence-electron chi connectivity index (χ3n) is 4.55. The fourth-order valence-electron chi connectivity index (χ4n) is 3.38. The maximum absolute atomic E-state index is 13.1. The van der Waals surface area contributed by atoms with Gasteiger partial charge in [0.05, 0.1) is 24.4 Å². The number of morpholine rings is 1. The number of imidazole rings is 1. The molecule has 0 N–H and O–H groups in total. The first-order valence-electron chi connectivity index (χ1n) is 8.38. The van der Waals surface area contributed by atoms with Crippen LogP contribution in [0.25, 0.3) is 10.9 Å². The lowest BCUT2D eigenvalue weighted by atomic mass is 10.1. The van der Waals surface area contributed by atoms with Gasteiger partial charge < -0.3 is 14.2 Å². The Morgan fingerprint density at radius 2 is 2.16 bits per heavy atom. The molecule has 1 fully saturated rings. The van der Waals surface area contributed by atoms with E-state index in [1.165, 1.54) is 0 Å². The van der Waals surface area contributed by atoms with Crippen LogP contribution in [0.4, 0.5) is 0 Å². The summed E-state index contributed by atoms with van der Waals surface area (Å²) in [6, 6.07) is 9.46. The fraction of sp³-hybridized carbons (Fsp3) is 0.316. The van der Waals surface area contributed by atoms with Gasteiger partial charge in [-0.2, -0.15) is 0 Å². The highest BCUT2D eigenvalue weighted by Gasteiger charge is 2.29. The number of aryl methyl sites for hydroxylation is 2. The highest BCUT2D eigenvalue weighted by molar-refractivity contribution is 6.06. The van der Waals surface area contributed by atoms with E-state index in [2.05, 4.69) is 9.97 Å². The van der Waals surface area contributed by atoms with Crippen LogP contribution in [0.1, 0.15) is 28.0 Å². The van der Waals surface area contributed by atoms with Crippen molar-refractivity contribution in [2.24, 2.45) is 7.05 Å². The third kappa shape index (κ3) is 2.89. The highest BCUT2D eigenvalue weighted by atomic mass is 16.5. The number of nitrogens with zero attached hydrogens (tertiary/aromatic N) is 4. The van der Waals surface area contributed by atoms with E-state index in [0.717, 1.165) is 22.4 Å². The number of benzene rings is 1. The second-order valence-electron chi connectivity index (χ2n) is 6.34. The van der Waals surface area contributed by atoms with E-state index < -0.39 is 0 Å². The first-order valence-corrected chi connectivity index (χ1v) is 8.38. The van der Waals surface area contributed by atoms with Crippen molar-refractivity contribution in [3.8, 4) is 0 Å². The monoisotopic (exact) mass is 336 g/mol. The van der Waals surface area contributed by atoms with Crippen LogP contribution in [-0.4, -0.2) is 45.0 Å². The van der Waals surface area contributed by atoms with Crippen molar-refractivity contribution in [3.63, 3.8) is 0 Å². The Labute approximate surface area is 146 Å². The van der Waals surface area contributed by atoms with E-state index in [1.807, 2.05) is 60.0 Å². The smallest absolute Gasteiger partial charge is 0.254 e. The lowest BCUT2D eigenvalue weighted by molar-refractivity contribution is -0.0278. The molecule has 1 saturated heterocycles. The van der Waals surface area contributed by atoms with Gasteiger partial charge in [-0.3, -0.25) is 9.78 Å². The lowest BCUT2D eigenvalue weighted by Gasteiger charge is -2.32. The predicted molar refractivity (Wildman–Crippen MR) is 94.3 cm³/mol. The Hall–Kier alpha value is -2.73. The zero-order chi connectivity index (χ0) is 17.4. The summed E-state index contributed by atoms with van der Waals surface area (Å²) in [7, 11) is 1.95. The second kappa shape index (κ2) is 6.29. The Morgan fingerprint density at radius 3 is 2.96 bits per heavy atom. The van der Waals surface area contributed by atoms with Gasteiger partial charge in [0.15, 0.2) is 0 Å². The number of amides is 1. The van der Waals surface area contributed by atoms with Gasteiger partial charge in [0.25, 0.3) is 5.91 Å². The summed E-state index contributed by atoms with van der Waals surface area (Å²) in [5.41, 5.74) is 2.46. The summed E-state index contributed by atoms with van der Waals surface area (Å²) in [6.45, 7) is 3.54. The van der Waals surface area contributed by atoms with Gasteiger partial charge in [-0.05, 0) is 25.1 Å². The number of aromatic nitrogens is 3. The number of hydrogen-bond acceptors (Lipinski definition) is 4. The van der Waals surface area contributed by atoms with E-state index >= 15 is 0 Å². The van der Waals surface area contributed by atoms with Gasteiger partial charge in [0.2, 0.25) is 0 Å². The minimum Gasteiger partial charge on any atom is -0.367 e. The molecule has 1 atom stereocenters. The number of rotatable bonds is 2. The first kappa shape index (κ1) is 15.8. The van der Waals surface area contributed by atoms with E-state index in [-0.39, 0.29) is 12.0 Å². The van der Waals surface area contributed by atoms with E-state index in [1.54, 1.807) is 6.20 Å². The molecule has 0 aliphatic carbocycles. The third-order valence-corrected chi connectivity index (χ3v) is 4.55. The summed E-state index contributed by atoms with van der Waals surface area (Å²) < 4.78 is 7.84. The molecule has 3 aromatic rings. The molecule has 1 aliphatic rings. The van der Waals surface area contributed by atoms with Gasteiger partial charge in [0, 0.05) is 36.9 Å². The molecule has 0 radical (unpaired) electrons. The number of fused-ring (bicyclic) bond motifs is 1. The predicted octanol–water partition coefficient (Wildman–Crippen LogP) is 2.49. The van der Waals surface area contributed by atoms with Crippen LogP contribution in [0.15, 0.2) is 42.7 Å². The van der Waals surface area contributed by atoms with Crippen LogP contribution in [0.3, 0.4) is 0 Å². The topological polar surface area (TPSA) is 60.2 Å². The molecule has 2 aromatic heterocycles. The Morgan fingerprint density at radius 1 is 1.28 bits per heavy atom. The van der Waals surface area contributed by atoms with Gasteiger partial charge in [0.1, 0.15) is 11.9 Å². The van der Waals surface area contributed by atoms with Crippen LogP contribution < -0.4 is 0 Å². The number of carbonyl (C=O) groups excluding carboxylic acids is 1. The molecule has 0 bridgehead atoms. The molecule has 25 heavy (non-hydrogen) atoms. The Kier molecular flexibility index (Phi) is 3.97. The normalized spacial score (nSPS) is 17.8. The van der Waals surface area contributed by atoms with E-state index in [4.69, 9.17) is 4.74 Å². The molecular formula is C19H20N4O2.